The van der Waals surface area contributed by atoms with Crippen LogP contribution in [-0.2, 0) is 14.3 Å². The minimum Gasteiger partial charge on any atom is -0.466 e. The van der Waals surface area contributed by atoms with E-state index in [-0.39, 0.29) is 23.8 Å². The van der Waals surface area contributed by atoms with Crippen molar-refractivity contribution in [2.75, 3.05) is 6.54 Å². The molecule has 0 bridgehead atoms. The van der Waals surface area contributed by atoms with Crippen LogP contribution < -0.4 is 5.32 Å². The van der Waals surface area contributed by atoms with Crippen LogP contribution in [0.25, 0.3) is 0 Å². The molecule has 5 heteroatoms. The van der Waals surface area contributed by atoms with Crippen molar-refractivity contribution in [3.63, 3.8) is 0 Å². The van der Waals surface area contributed by atoms with E-state index in [2.05, 4.69) is 10.3 Å². The van der Waals surface area contributed by atoms with Crippen LogP contribution in [-0.4, -0.2) is 30.2 Å². The lowest BCUT2D eigenvalue weighted by molar-refractivity contribution is -0.127. The van der Waals surface area contributed by atoms with Gasteiger partial charge in [-0.15, -0.1) is 0 Å². The van der Waals surface area contributed by atoms with Crippen molar-refractivity contribution < 1.29 is 14.3 Å². The molecule has 3 aliphatic rings. The number of carbonyl (C=O) groups is 2. The Morgan fingerprint density at radius 3 is 3.00 bits per heavy atom. The van der Waals surface area contributed by atoms with Crippen molar-refractivity contribution in [2.45, 2.75) is 31.9 Å². The van der Waals surface area contributed by atoms with E-state index in [1.54, 1.807) is 6.08 Å². The van der Waals surface area contributed by atoms with E-state index in [9.17, 15) is 9.59 Å². The van der Waals surface area contributed by atoms with Gasteiger partial charge in [0.05, 0.1) is 0 Å². The zero-order valence-electron chi connectivity index (χ0n) is 10.6. The van der Waals surface area contributed by atoms with Gasteiger partial charge in [-0.2, -0.15) is 0 Å². The molecular weight excluding hydrogens is 244 g/mol. The molecule has 0 spiro atoms. The number of fused-ring (bicyclic) bond motifs is 1. The number of nitrogens with one attached hydrogen (secondary N) is 1. The Morgan fingerprint density at radius 1 is 1.42 bits per heavy atom. The number of hydrogen-bond donors (Lipinski definition) is 1. The molecule has 0 aromatic heterocycles. The summed E-state index contributed by atoms with van der Waals surface area (Å²) >= 11 is 0. The van der Waals surface area contributed by atoms with Gasteiger partial charge in [-0.3, -0.25) is 9.59 Å². The first kappa shape index (κ1) is 12.1. The molecule has 100 valence electrons. The van der Waals surface area contributed by atoms with Gasteiger partial charge in [0.2, 0.25) is 5.91 Å². The van der Waals surface area contributed by atoms with Crippen LogP contribution in [0.3, 0.4) is 0 Å². The van der Waals surface area contributed by atoms with Gasteiger partial charge in [0, 0.05) is 25.0 Å². The zero-order chi connectivity index (χ0) is 13.2. The van der Waals surface area contributed by atoms with Gasteiger partial charge in [0.15, 0.2) is 17.8 Å². The number of nitrogens with zero attached hydrogens (tertiary/aromatic N) is 1. The number of aliphatic imine (C=N–C) groups is 1. The van der Waals surface area contributed by atoms with E-state index in [1.165, 1.54) is 12.2 Å². The van der Waals surface area contributed by atoms with E-state index in [4.69, 9.17) is 4.74 Å². The highest BCUT2D eigenvalue weighted by Gasteiger charge is 2.27. The number of ketones is 1. The van der Waals surface area contributed by atoms with Crippen LogP contribution >= 0.6 is 0 Å². The Labute approximate surface area is 111 Å². The highest BCUT2D eigenvalue weighted by atomic mass is 16.5. The quantitative estimate of drug-likeness (QED) is 0.770. The molecule has 1 aliphatic heterocycles. The van der Waals surface area contributed by atoms with Crippen LogP contribution in [0.15, 0.2) is 29.0 Å². The normalized spacial score (nSPS) is 25.1. The first-order valence-corrected chi connectivity index (χ1v) is 6.68. The van der Waals surface area contributed by atoms with E-state index in [1.807, 2.05) is 0 Å². The minimum absolute atomic E-state index is 0.0760. The number of carbonyl (C=O) groups excluding carboxylic acids is 2. The van der Waals surface area contributed by atoms with Crippen LogP contribution in [0.4, 0.5) is 0 Å². The van der Waals surface area contributed by atoms with Gasteiger partial charge in [-0.05, 0) is 25.0 Å². The van der Waals surface area contributed by atoms with Crippen LogP contribution in [0.5, 0.6) is 0 Å². The van der Waals surface area contributed by atoms with Crippen LogP contribution in [0.2, 0.25) is 0 Å². The lowest BCUT2D eigenvalue weighted by atomic mass is 9.85. The fourth-order valence-electron chi connectivity index (χ4n) is 2.28. The topological polar surface area (TPSA) is 67.8 Å². The molecule has 0 aromatic rings. The largest absolute Gasteiger partial charge is 0.466 e. The molecule has 1 N–H and O–H groups in total. The summed E-state index contributed by atoms with van der Waals surface area (Å²) in [5.74, 6) is 0.820. The Hall–Kier alpha value is -1.91. The van der Waals surface area contributed by atoms with Crippen LogP contribution in [0, 0.1) is 5.92 Å². The van der Waals surface area contributed by atoms with Crippen molar-refractivity contribution >= 4 is 17.4 Å². The molecule has 0 saturated heterocycles. The highest BCUT2D eigenvalue weighted by molar-refractivity contribution is 6.19. The van der Waals surface area contributed by atoms with E-state index in [0.29, 0.717) is 18.7 Å². The summed E-state index contributed by atoms with van der Waals surface area (Å²) in [4.78, 5) is 27.2. The highest BCUT2D eigenvalue weighted by Crippen LogP contribution is 2.26. The first-order chi connectivity index (χ1) is 9.22. The van der Waals surface area contributed by atoms with E-state index >= 15 is 0 Å². The van der Waals surface area contributed by atoms with E-state index in [0.717, 1.165) is 25.0 Å². The second-order valence-corrected chi connectivity index (χ2v) is 5.04. The van der Waals surface area contributed by atoms with Crippen molar-refractivity contribution in [1.82, 2.24) is 5.32 Å². The molecule has 2 aliphatic carbocycles. The molecule has 1 fully saturated rings. The molecule has 0 radical (unpaired) electrons. The third-order valence-corrected chi connectivity index (χ3v) is 3.64. The van der Waals surface area contributed by atoms with Gasteiger partial charge in [-0.1, -0.05) is 6.42 Å². The molecule has 3 rings (SSSR count). The summed E-state index contributed by atoms with van der Waals surface area (Å²) in [7, 11) is 0. The van der Waals surface area contributed by atoms with Crippen molar-refractivity contribution in [3.8, 4) is 0 Å². The standard InChI is InChI=1S/C14H16N2O3/c17-10-4-5-11-12(8-10)19-13(16-11)6-7-15-14(18)9-2-1-3-9/h4-5,8-9,13H,1-3,6-7H2,(H,15,18). The average Bonchev–Trinajstić information content (AvgIpc) is 2.68. The Bertz CT molecular complexity index is 501. The number of amides is 1. The summed E-state index contributed by atoms with van der Waals surface area (Å²) in [6.07, 6.45) is 8.11. The van der Waals surface area contributed by atoms with E-state index < -0.39 is 0 Å². The predicted octanol–water partition coefficient (Wildman–Crippen LogP) is 1.11. The predicted molar refractivity (Wildman–Crippen MR) is 69.5 cm³/mol. The number of allylic oxidation sites excluding steroid dienone is 3. The molecule has 1 atom stereocenters. The summed E-state index contributed by atoms with van der Waals surface area (Å²) in [5.41, 5.74) is 0.718. The molecule has 1 amide bonds. The Morgan fingerprint density at radius 2 is 2.26 bits per heavy atom. The van der Waals surface area contributed by atoms with Crippen molar-refractivity contribution in [1.29, 1.82) is 0 Å². The maximum atomic E-state index is 11.6. The summed E-state index contributed by atoms with van der Waals surface area (Å²) in [5, 5.41) is 2.91. The lowest BCUT2D eigenvalue weighted by Crippen LogP contribution is -2.35. The maximum absolute atomic E-state index is 11.6. The van der Waals surface area contributed by atoms with Gasteiger partial charge in [0.1, 0.15) is 5.71 Å². The molecule has 1 saturated carbocycles. The smallest absolute Gasteiger partial charge is 0.223 e. The molecule has 5 nitrogen and oxygen atoms in total. The van der Waals surface area contributed by atoms with Gasteiger partial charge < -0.3 is 10.1 Å². The zero-order valence-corrected chi connectivity index (χ0v) is 10.6. The van der Waals surface area contributed by atoms with Gasteiger partial charge in [-0.25, -0.2) is 4.99 Å². The first-order valence-electron chi connectivity index (χ1n) is 6.68. The number of rotatable bonds is 4. The van der Waals surface area contributed by atoms with Crippen molar-refractivity contribution in [3.05, 3.63) is 24.0 Å². The third-order valence-electron chi connectivity index (χ3n) is 3.64. The SMILES string of the molecule is O=C1C=CC2=NC(CCNC(=O)C3CCC3)OC2=C1. The molecule has 1 heterocycles. The fourth-order valence-corrected chi connectivity index (χ4v) is 2.28. The summed E-state index contributed by atoms with van der Waals surface area (Å²) in [6, 6.07) is 0. The molecule has 19 heavy (non-hydrogen) atoms. The second kappa shape index (κ2) is 4.99. The van der Waals surface area contributed by atoms with Crippen molar-refractivity contribution in [2.24, 2.45) is 10.9 Å². The second-order valence-electron chi connectivity index (χ2n) is 5.04. The fraction of sp³-hybridized carbons (Fsp3) is 0.500. The lowest BCUT2D eigenvalue weighted by Gasteiger charge is -2.24. The Balaban J connectivity index is 1.46. The number of ether oxygens (including phenoxy) is 1. The summed E-state index contributed by atoms with van der Waals surface area (Å²) in [6.45, 7) is 0.557. The third kappa shape index (κ3) is 2.59. The summed E-state index contributed by atoms with van der Waals surface area (Å²) < 4.78 is 5.55. The Kier molecular flexibility index (Phi) is 3.19. The molecule has 0 aromatic carbocycles. The number of hydrogen-bond acceptors (Lipinski definition) is 4. The average molecular weight is 260 g/mol. The monoisotopic (exact) mass is 260 g/mol. The molecule has 1 unspecified atom stereocenters. The van der Waals surface area contributed by atoms with Gasteiger partial charge >= 0.3 is 0 Å². The maximum Gasteiger partial charge on any atom is 0.223 e. The van der Waals surface area contributed by atoms with Gasteiger partial charge in [0.25, 0.3) is 0 Å². The molecular formula is C14H16N2O3. The van der Waals surface area contributed by atoms with Crippen LogP contribution in [0.1, 0.15) is 25.7 Å². The minimum atomic E-state index is -0.293.